The van der Waals surface area contributed by atoms with Crippen LogP contribution < -0.4 is 5.32 Å². The lowest BCUT2D eigenvalue weighted by atomic mass is 9.99. The van der Waals surface area contributed by atoms with Crippen molar-refractivity contribution in [1.29, 1.82) is 5.26 Å². The summed E-state index contributed by atoms with van der Waals surface area (Å²) < 4.78 is 7.11. The molecule has 3 aromatic rings. The van der Waals surface area contributed by atoms with Crippen LogP contribution in [0.2, 0.25) is 0 Å². The molecule has 0 bridgehead atoms. The molecule has 0 spiro atoms. The molecule has 3 heterocycles. The zero-order valence-electron chi connectivity index (χ0n) is 18.1. The van der Waals surface area contributed by atoms with Crippen molar-refractivity contribution in [2.45, 2.75) is 32.9 Å². The minimum atomic E-state index is -0.473. The van der Waals surface area contributed by atoms with Crippen LogP contribution in [0.15, 0.2) is 58.8 Å². The van der Waals surface area contributed by atoms with Crippen LogP contribution in [0, 0.1) is 17.2 Å². The van der Waals surface area contributed by atoms with Crippen LogP contribution in [-0.2, 0) is 22.7 Å². The van der Waals surface area contributed by atoms with Gasteiger partial charge in [-0.3, -0.25) is 9.59 Å². The number of hydrogen-bond donors (Lipinski definition) is 1. The van der Waals surface area contributed by atoms with Gasteiger partial charge in [0.2, 0.25) is 5.91 Å². The molecule has 2 amide bonds. The normalized spacial score (nSPS) is 15.0. The Labute approximate surface area is 186 Å². The van der Waals surface area contributed by atoms with Crippen molar-refractivity contribution in [3.05, 3.63) is 65.8 Å². The molecule has 32 heavy (non-hydrogen) atoms. The minimum Gasteiger partial charge on any atom is -0.467 e. The summed E-state index contributed by atoms with van der Waals surface area (Å²) in [6.45, 7) is 4.24. The number of carbonyl (C=O) groups is 2. The summed E-state index contributed by atoms with van der Waals surface area (Å²) in [6.07, 6.45) is 7.01. The number of nitrogens with zero attached hydrogens (tertiary/aromatic N) is 3. The van der Waals surface area contributed by atoms with Crippen LogP contribution in [0.4, 0.5) is 0 Å². The van der Waals surface area contributed by atoms with Gasteiger partial charge in [0, 0.05) is 35.8 Å². The second-order valence-corrected chi connectivity index (χ2v) is 8.22. The number of nitriles is 1. The summed E-state index contributed by atoms with van der Waals surface area (Å²) in [5.41, 5.74) is 1.62. The van der Waals surface area contributed by atoms with Gasteiger partial charge in [-0.05, 0) is 43.0 Å². The first-order chi connectivity index (χ1) is 15.5. The maximum atomic E-state index is 12.9. The number of likely N-dealkylation sites (tertiary alicyclic amines) is 1. The monoisotopic (exact) mass is 430 g/mol. The lowest BCUT2D eigenvalue weighted by molar-refractivity contribution is -0.133. The van der Waals surface area contributed by atoms with Crippen molar-refractivity contribution >= 4 is 28.8 Å². The number of amides is 2. The standard InChI is InChI=1S/C25H26N4O3/c1-18-8-10-28(11-9-18)24(30)17-29-16-20(22-6-2-3-7-23(22)29)13-19(14-26)25(31)27-15-21-5-4-12-32-21/h2-7,12-13,16,18H,8-11,15,17H2,1H3,(H,27,31)/b19-13+. The first-order valence-electron chi connectivity index (χ1n) is 10.8. The number of benzene rings is 1. The number of hydrogen-bond acceptors (Lipinski definition) is 4. The molecule has 0 aliphatic carbocycles. The maximum Gasteiger partial charge on any atom is 0.262 e. The average Bonchev–Trinajstić information content (AvgIpc) is 3.45. The zero-order chi connectivity index (χ0) is 22.5. The van der Waals surface area contributed by atoms with Crippen molar-refractivity contribution in [2.75, 3.05) is 13.1 Å². The zero-order valence-corrected chi connectivity index (χ0v) is 18.1. The van der Waals surface area contributed by atoms with Crippen molar-refractivity contribution in [1.82, 2.24) is 14.8 Å². The highest BCUT2D eigenvalue weighted by molar-refractivity contribution is 6.04. The maximum absolute atomic E-state index is 12.9. The molecule has 0 unspecified atom stereocenters. The molecule has 1 aliphatic heterocycles. The van der Waals surface area contributed by atoms with Crippen LogP contribution in [0.5, 0.6) is 0 Å². The third-order valence-electron chi connectivity index (χ3n) is 5.93. The van der Waals surface area contributed by atoms with Crippen molar-refractivity contribution in [2.24, 2.45) is 5.92 Å². The predicted octanol–water partition coefficient (Wildman–Crippen LogP) is 3.72. The largest absolute Gasteiger partial charge is 0.467 e. The van der Waals surface area contributed by atoms with E-state index in [4.69, 9.17) is 4.42 Å². The fourth-order valence-electron chi connectivity index (χ4n) is 4.00. The summed E-state index contributed by atoms with van der Waals surface area (Å²) in [5.74, 6) is 0.883. The van der Waals surface area contributed by atoms with Gasteiger partial charge in [-0.25, -0.2) is 0 Å². The Hall–Kier alpha value is -3.79. The van der Waals surface area contributed by atoms with E-state index < -0.39 is 5.91 Å². The summed E-state index contributed by atoms with van der Waals surface area (Å²) in [4.78, 5) is 27.3. The Balaban J connectivity index is 1.55. The molecule has 1 aromatic carbocycles. The molecule has 1 aliphatic rings. The Kier molecular flexibility index (Phi) is 6.41. The number of carbonyl (C=O) groups excluding carboxylic acids is 2. The second-order valence-electron chi connectivity index (χ2n) is 8.22. The quantitative estimate of drug-likeness (QED) is 0.477. The number of fused-ring (bicyclic) bond motifs is 1. The molecular formula is C25H26N4O3. The van der Waals surface area contributed by atoms with Crippen molar-refractivity contribution < 1.29 is 14.0 Å². The van der Waals surface area contributed by atoms with E-state index in [-0.39, 0.29) is 24.6 Å². The van der Waals surface area contributed by atoms with Gasteiger partial charge >= 0.3 is 0 Å². The molecule has 0 atom stereocenters. The van der Waals surface area contributed by atoms with Gasteiger partial charge < -0.3 is 19.2 Å². The van der Waals surface area contributed by atoms with Gasteiger partial charge in [-0.1, -0.05) is 25.1 Å². The van der Waals surface area contributed by atoms with E-state index in [2.05, 4.69) is 12.2 Å². The van der Waals surface area contributed by atoms with Gasteiger partial charge in [-0.15, -0.1) is 0 Å². The summed E-state index contributed by atoms with van der Waals surface area (Å²) in [6, 6.07) is 13.2. The smallest absolute Gasteiger partial charge is 0.262 e. The fourth-order valence-corrected chi connectivity index (χ4v) is 4.00. The van der Waals surface area contributed by atoms with Gasteiger partial charge in [0.05, 0.1) is 12.8 Å². The van der Waals surface area contributed by atoms with E-state index in [1.54, 1.807) is 18.2 Å². The SMILES string of the molecule is CC1CCN(C(=O)Cn2cc(/C=C(\C#N)C(=O)NCc3ccco3)c3ccccc32)CC1. The van der Waals surface area contributed by atoms with Gasteiger partial charge in [0.15, 0.2) is 0 Å². The average molecular weight is 431 g/mol. The van der Waals surface area contributed by atoms with Crippen molar-refractivity contribution in [3.63, 3.8) is 0 Å². The summed E-state index contributed by atoms with van der Waals surface area (Å²) in [5, 5.41) is 13.1. The highest BCUT2D eigenvalue weighted by Crippen LogP contribution is 2.24. The van der Waals surface area contributed by atoms with E-state index in [0.29, 0.717) is 11.7 Å². The molecule has 4 rings (SSSR count). The molecule has 7 nitrogen and oxygen atoms in total. The number of furan rings is 1. The molecule has 1 saturated heterocycles. The Morgan fingerprint density at radius 3 is 2.72 bits per heavy atom. The highest BCUT2D eigenvalue weighted by atomic mass is 16.3. The lowest BCUT2D eigenvalue weighted by Gasteiger charge is -2.30. The Morgan fingerprint density at radius 1 is 1.22 bits per heavy atom. The molecule has 1 fully saturated rings. The molecule has 7 heteroatoms. The third kappa shape index (κ3) is 4.75. The molecule has 0 saturated carbocycles. The van der Waals surface area contributed by atoms with Crippen LogP contribution in [0.1, 0.15) is 31.1 Å². The fraction of sp³-hybridized carbons (Fsp3) is 0.320. The molecule has 1 N–H and O–H groups in total. The highest BCUT2D eigenvalue weighted by Gasteiger charge is 2.21. The van der Waals surface area contributed by atoms with Gasteiger partial charge in [0.25, 0.3) is 5.91 Å². The summed E-state index contributed by atoms with van der Waals surface area (Å²) in [7, 11) is 0. The lowest BCUT2D eigenvalue weighted by Crippen LogP contribution is -2.39. The third-order valence-corrected chi connectivity index (χ3v) is 5.93. The van der Waals surface area contributed by atoms with Crippen molar-refractivity contribution in [3.8, 4) is 6.07 Å². The number of piperidine rings is 1. The van der Waals surface area contributed by atoms with Crippen LogP contribution >= 0.6 is 0 Å². The molecular weight excluding hydrogens is 404 g/mol. The Bertz CT molecular complexity index is 1180. The first-order valence-corrected chi connectivity index (χ1v) is 10.8. The molecule has 0 radical (unpaired) electrons. The van der Waals surface area contributed by atoms with E-state index in [9.17, 15) is 14.9 Å². The minimum absolute atomic E-state index is 0.00389. The second kappa shape index (κ2) is 9.56. The van der Waals surface area contributed by atoms with E-state index in [1.807, 2.05) is 46.0 Å². The van der Waals surface area contributed by atoms with E-state index >= 15 is 0 Å². The number of aromatic nitrogens is 1. The first kappa shape index (κ1) is 21.4. The van der Waals surface area contributed by atoms with Crippen LogP contribution in [0.3, 0.4) is 0 Å². The predicted molar refractivity (Wildman–Crippen MR) is 121 cm³/mol. The number of nitrogens with one attached hydrogen (secondary N) is 1. The topological polar surface area (TPSA) is 91.3 Å². The molecule has 164 valence electrons. The van der Waals surface area contributed by atoms with Gasteiger partial charge in [-0.2, -0.15) is 5.26 Å². The molecule has 2 aromatic heterocycles. The van der Waals surface area contributed by atoms with E-state index in [1.165, 1.54) is 6.26 Å². The van der Waals surface area contributed by atoms with Crippen LogP contribution in [-0.4, -0.2) is 34.4 Å². The summed E-state index contributed by atoms with van der Waals surface area (Å²) >= 11 is 0. The Morgan fingerprint density at radius 2 is 2.00 bits per heavy atom. The number of para-hydroxylation sites is 1. The van der Waals surface area contributed by atoms with Gasteiger partial charge in [0.1, 0.15) is 23.9 Å². The van der Waals surface area contributed by atoms with E-state index in [0.717, 1.165) is 42.4 Å². The number of rotatable bonds is 6. The van der Waals surface area contributed by atoms with Crippen LogP contribution in [0.25, 0.3) is 17.0 Å².